The van der Waals surface area contributed by atoms with Crippen molar-refractivity contribution < 1.29 is 22.7 Å². The molecule has 2 aromatic carbocycles. The Balaban J connectivity index is 1.52. The summed E-state index contributed by atoms with van der Waals surface area (Å²) in [7, 11) is -3.70. The highest BCUT2D eigenvalue weighted by Crippen LogP contribution is 2.26. The molecule has 2 heterocycles. The molecule has 2 N–H and O–H groups in total. The van der Waals surface area contributed by atoms with Gasteiger partial charge in [-0.3, -0.25) is 9.59 Å². The summed E-state index contributed by atoms with van der Waals surface area (Å²) in [5.74, 6) is -0.935. The molecule has 2 aromatic rings. The molecule has 0 saturated carbocycles. The predicted octanol–water partition coefficient (Wildman–Crippen LogP) is 3.29. The first-order chi connectivity index (χ1) is 15.9. The zero-order valence-corrected chi connectivity index (χ0v) is 19.6. The number of anilines is 1. The first-order valence-electron chi connectivity index (χ1n) is 11.0. The van der Waals surface area contributed by atoms with Crippen LogP contribution in [0.5, 0.6) is 0 Å². The molecule has 2 fully saturated rings. The fourth-order valence-corrected chi connectivity index (χ4v) is 5.75. The highest BCUT2D eigenvalue weighted by molar-refractivity contribution is 7.89. The van der Waals surface area contributed by atoms with Crippen molar-refractivity contribution in [1.29, 1.82) is 0 Å². The molecule has 2 aliphatic heterocycles. The molecule has 0 spiro atoms. The number of benzene rings is 2. The van der Waals surface area contributed by atoms with E-state index in [-0.39, 0.29) is 27.5 Å². The standard InChI is InChI=1S/C23H26ClN3O5S/c24-20-10-9-17(33(30,31)27-11-3-4-12-27)14-19(20)23(29)26-21-8-2-1-7-18(21)22(28)25-15-16-6-5-13-32-16/h1-2,7-10,14,16H,3-6,11-13,15H2,(H,25,28)(H,26,29). The largest absolute Gasteiger partial charge is 0.376 e. The molecular formula is C23H26ClN3O5S. The van der Waals surface area contributed by atoms with E-state index in [9.17, 15) is 18.0 Å². The molecule has 2 saturated heterocycles. The van der Waals surface area contributed by atoms with Gasteiger partial charge in [0, 0.05) is 26.2 Å². The minimum Gasteiger partial charge on any atom is -0.376 e. The highest BCUT2D eigenvalue weighted by atomic mass is 35.5. The Morgan fingerprint density at radius 3 is 2.52 bits per heavy atom. The van der Waals surface area contributed by atoms with Gasteiger partial charge < -0.3 is 15.4 Å². The van der Waals surface area contributed by atoms with Crippen molar-refractivity contribution in [1.82, 2.24) is 9.62 Å². The van der Waals surface area contributed by atoms with Gasteiger partial charge in [-0.25, -0.2) is 8.42 Å². The second kappa shape index (κ2) is 10.2. The smallest absolute Gasteiger partial charge is 0.257 e. The number of para-hydroxylation sites is 1. The molecule has 0 aromatic heterocycles. The first-order valence-corrected chi connectivity index (χ1v) is 12.8. The number of nitrogens with one attached hydrogen (secondary N) is 2. The van der Waals surface area contributed by atoms with Crippen LogP contribution in [0.2, 0.25) is 5.02 Å². The van der Waals surface area contributed by atoms with Gasteiger partial charge in [0.15, 0.2) is 0 Å². The minimum absolute atomic E-state index is 0.00481. The zero-order valence-electron chi connectivity index (χ0n) is 18.1. The molecule has 176 valence electrons. The van der Waals surface area contributed by atoms with E-state index >= 15 is 0 Å². The fraction of sp³-hybridized carbons (Fsp3) is 0.391. The van der Waals surface area contributed by atoms with Gasteiger partial charge in [0.25, 0.3) is 11.8 Å². The highest BCUT2D eigenvalue weighted by Gasteiger charge is 2.28. The van der Waals surface area contributed by atoms with Gasteiger partial charge in [0.05, 0.1) is 32.8 Å². The summed E-state index contributed by atoms with van der Waals surface area (Å²) < 4.78 is 32.7. The summed E-state index contributed by atoms with van der Waals surface area (Å²) >= 11 is 6.23. The number of rotatable bonds is 7. The van der Waals surface area contributed by atoms with Gasteiger partial charge in [-0.15, -0.1) is 0 Å². The summed E-state index contributed by atoms with van der Waals surface area (Å²) in [4.78, 5) is 25.7. The van der Waals surface area contributed by atoms with E-state index in [1.165, 1.54) is 22.5 Å². The third-order valence-corrected chi connectivity index (χ3v) is 8.04. The second-order valence-corrected chi connectivity index (χ2v) is 10.4. The van der Waals surface area contributed by atoms with Crippen molar-refractivity contribution in [3.8, 4) is 0 Å². The van der Waals surface area contributed by atoms with Crippen molar-refractivity contribution in [2.75, 3.05) is 31.6 Å². The van der Waals surface area contributed by atoms with E-state index in [2.05, 4.69) is 10.6 Å². The maximum absolute atomic E-state index is 13.0. The number of ether oxygens (including phenoxy) is 1. The average molecular weight is 492 g/mol. The molecule has 4 rings (SSSR count). The van der Waals surface area contributed by atoms with Gasteiger partial charge in [0.1, 0.15) is 0 Å². The van der Waals surface area contributed by atoms with Crippen molar-refractivity contribution in [3.63, 3.8) is 0 Å². The zero-order chi connectivity index (χ0) is 23.4. The Bertz CT molecular complexity index is 1140. The summed E-state index contributed by atoms with van der Waals surface area (Å²) in [5.41, 5.74) is 0.614. The van der Waals surface area contributed by atoms with Crippen LogP contribution in [-0.4, -0.2) is 56.9 Å². The SMILES string of the molecule is O=C(Nc1ccccc1C(=O)NCC1CCCO1)c1cc(S(=O)(=O)N2CCCC2)ccc1Cl. The number of carbonyl (C=O) groups excluding carboxylic acids is 2. The Kier molecular flexibility index (Phi) is 7.33. The topological polar surface area (TPSA) is 105 Å². The summed E-state index contributed by atoms with van der Waals surface area (Å²) in [6, 6.07) is 10.7. The third kappa shape index (κ3) is 5.38. The van der Waals surface area contributed by atoms with Crippen LogP contribution in [0.15, 0.2) is 47.4 Å². The number of sulfonamides is 1. The molecule has 0 radical (unpaired) electrons. The third-order valence-electron chi connectivity index (χ3n) is 5.82. The van der Waals surface area contributed by atoms with Crippen LogP contribution in [-0.2, 0) is 14.8 Å². The maximum atomic E-state index is 13.0. The normalized spacial score (nSPS) is 18.9. The van der Waals surface area contributed by atoms with Crippen LogP contribution in [0.1, 0.15) is 46.4 Å². The Morgan fingerprint density at radius 2 is 1.79 bits per heavy atom. The fourth-order valence-electron chi connectivity index (χ4n) is 4.00. The van der Waals surface area contributed by atoms with Crippen molar-refractivity contribution >= 4 is 39.1 Å². The quantitative estimate of drug-likeness (QED) is 0.618. The molecule has 1 atom stereocenters. The van der Waals surface area contributed by atoms with Crippen molar-refractivity contribution in [3.05, 3.63) is 58.6 Å². The number of amides is 2. The average Bonchev–Trinajstić information content (AvgIpc) is 3.52. The molecule has 0 bridgehead atoms. The van der Waals surface area contributed by atoms with Crippen LogP contribution in [0.3, 0.4) is 0 Å². The van der Waals surface area contributed by atoms with E-state index in [0.717, 1.165) is 25.7 Å². The van der Waals surface area contributed by atoms with E-state index < -0.39 is 15.9 Å². The number of halogens is 1. The van der Waals surface area contributed by atoms with E-state index in [0.29, 0.717) is 37.5 Å². The molecule has 33 heavy (non-hydrogen) atoms. The van der Waals surface area contributed by atoms with Crippen LogP contribution >= 0.6 is 11.6 Å². The van der Waals surface area contributed by atoms with Crippen LogP contribution in [0.4, 0.5) is 5.69 Å². The van der Waals surface area contributed by atoms with Gasteiger partial charge >= 0.3 is 0 Å². The predicted molar refractivity (Wildman–Crippen MR) is 125 cm³/mol. The van der Waals surface area contributed by atoms with E-state index in [4.69, 9.17) is 16.3 Å². The summed E-state index contributed by atoms with van der Waals surface area (Å²) in [5, 5.41) is 5.66. The number of hydrogen-bond acceptors (Lipinski definition) is 5. The number of hydrogen-bond donors (Lipinski definition) is 2. The molecule has 0 aliphatic carbocycles. The van der Waals surface area contributed by atoms with Crippen LogP contribution in [0, 0.1) is 0 Å². The van der Waals surface area contributed by atoms with Crippen LogP contribution in [0.25, 0.3) is 0 Å². The van der Waals surface area contributed by atoms with Gasteiger partial charge in [-0.1, -0.05) is 23.7 Å². The lowest BCUT2D eigenvalue weighted by molar-refractivity contribution is 0.0858. The monoisotopic (exact) mass is 491 g/mol. The first kappa shape index (κ1) is 23.7. The van der Waals surface area contributed by atoms with E-state index in [1.807, 2.05) is 0 Å². The Morgan fingerprint density at radius 1 is 1.03 bits per heavy atom. The molecule has 8 nitrogen and oxygen atoms in total. The maximum Gasteiger partial charge on any atom is 0.257 e. The Labute approximate surface area is 198 Å². The lowest BCUT2D eigenvalue weighted by Gasteiger charge is -2.17. The van der Waals surface area contributed by atoms with Crippen molar-refractivity contribution in [2.24, 2.45) is 0 Å². The molecule has 1 unspecified atom stereocenters. The summed E-state index contributed by atoms with van der Waals surface area (Å²) in [6.45, 7) is 2.01. The number of nitrogens with zero attached hydrogens (tertiary/aromatic N) is 1. The van der Waals surface area contributed by atoms with Crippen LogP contribution < -0.4 is 10.6 Å². The van der Waals surface area contributed by atoms with Crippen molar-refractivity contribution in [2.45, 2.75) is 36.7 Å². The lowest BCUT2D eigenvalue weighted by Crippen LogP contribution is -2.32. The Hall–Kier alpha value is -2.46. The molecule has 2 aliphatic rings. The van der Waals surface area contributed by atoms with Gasteiger partial charge in [-0.05, 0) is 56.0 Å². The molecule has 2 amide bonds. The van der Waals surface area contributed by atoms with E-state index in [1.54, 1.807) is 24.3 Å². The number of carbonyl (C=O) groups is 2. The lowest BCUT2D eigenvalue weighted by atomic mass is 10.1. The summed E-state index contributed by atoms with van der Waals surface area (Å²) in [6.07, 6.45) is 3.49. The van der Waals surface area contributed by atoms with Gasteiger partial charge in [-0.2, -0.15) is 4.31 Å². The molecular weight excluding hydrogens is 466 g/mol. The second-order valence-electron chi connectivity index (χ2n) is 8.10. The molecule has 10 heteroatoms. The minimum atomic E-state index is -3.70. The van der Waals surface area contributed by atoms with Gasteiger partial charge in [0.2, 0.25) is 10.0 Å².